The highest BCUT2D eigenvalue weighted by Crippen LogP contribution is 2.41. The van der Waals surface area contributed by atoms with E-state index in [0.717, 1.165) is 29.9 Å². The molecule has 8 nitrogen and oxygen atoms in total. The standard InChI is InChI=1S/C25H25N5O3/c1-28-13-16-12-20-21-18(22(16)29(2)14-28)4-3-5-19(21)24(32)30(25(20)33)17-8-6-15(7-9-17)23(31)27-11-10-26/h3-9,12H,10-11,13-14,26H2,1-2H3,(H,27,31). The van der Waals surface area contributed by atoms with Crippen LogP contribution in [0.1, 0.15) is 36.6 Å². The molecule has 8 heteroatoms. The number of anilines is 2. The molecule has 0 spiro atoms. The number of benzene rings is 3. The summed E-state index contributed by atoms with van der Waals surface area (Å²) in [5.74, 6) is -0.977. The van der Waals surface area contributed by atoms with Crippen molar-refractivity contribution in [2.45, 2.75) is 6.54 Å². The van der Waals surface area contributed by atoms with Gasteiger partial charge >= 0.3 is 0 Å². The molecular formula is C25H25N5O3. The van der Waals surface area contributed by atoms with Gasteiger partial charge in [-0.1, -0.05) is 12.1 Å². The normalized spacial score (nSPS) is 15.7. The first kappa shape index (κ1) is 21.1. The number of carbonyl (C=O) groups is 3. The number of imide groups is 1. The summed E-state index contributed by atoms with van der Waals surface area (Å²) in [5.41, 5.74) is 9.44. The largest absolute Gasteiger partial charge is 0.361 e. The zero-order valence-electron chi connectivity index (χ0n) is 18.6. The van der Waals surface area contributed by atoms with Crippen LogP contribution in [-0.2, 0) is 6.54 Å². The fraction of sp³-hybridized carbons (Fsp3) is 0.240. The third-order valence-corrected chi connectivity index (χ3v) is 6.17. The molecule has 0 saturated heterocycles. The average molecular weight is 444 g/mol. The van der Waals surface area contributed by atoms with Crippen LogP contribution in [-0.4, -0.2) is 56.5 Å². The molecule has 0 radical (unpaired) electrons. The summed E-state index contributed by atoms with van der Waals surface area (Å²) in [6.07, 6.45) is 0. The van der Waals surface area contributed by atoms with Crippen LogP contribution in [0.2, 0.25) is 0 Å². The summed E-state index contributed by atoms with van der Waals surface area (Å²) in [4.78, 5) is 44.8. The monoisotopic (exact) mass is 443 g/mol. The van der Waals surface area contributed by atoms with E-state index >= 15 is 0 Å². The van der Waals surface area contributed by atoms with Gasteiger partial charge in [0, 0.05) is 59.8 Å². The topological polar surface area (TPSA) is 99.0 Å². The molecule has 0 bridgehead atoms. The van der Waals surface area contributed by atoms with Crippen molar-refractivity contribution in [2.24, 2.45) is 5.73 Å². The molecule has 0 unspecified atom stereocenters. The Morgan fingerprint density at radius 3 is 2.48 bits per heavy atom. The van der Waals surface area contributed by atoms with Crippen LogP contribution >= 0.6 is 0 Å². The second kappa shape index (κ2) is 7.99. The van der Waals surface area contributed by atoms with E-state index in [1.807, 2.05) is 32.3 Å². The fourth-order valence-electron chi connectivity index (χ4n) is 4.84. The van der Waals surface area contributed by atoms with Crippen LogP contribution in [0.4, 0.5) is 11.4 Å². The minimum Gasteiger partial charge on any atom is -0.361 e. The Balaban J connectivity index is 1.59. The molecule has 0 atom stereocenters. The lowest BCUT2D eigenvalue weighted by atomic mass is 9.89. The minimum absolute atomic E-state index is 0.252. The maximum Gasteiger partial charge on any atom is 0.265 e. The third kappa shape index (κ3) is 3.35. The maximum atomic E-state index is 13.6. The van der Waals surface area contributed by atoms with E-state index < -0.39 is 0 Å². The molecule has 3 aromatic rings. The molecule has 2 aliphatic rings. The van der Waals surface area contributed by atoms with Crippen LogP contribution < -0.4 is 20.9 Å². The Bertz CT molecular complexity index is 1300. The molecule has 3 N–H and O–H groups in total. The molecule has 33 heavy (non-hydrogen) atoms. The van der Waals surface area contributed by atoms with E-state index in [9.17, 15) is 14.4 Å². The van der Waals surface area contributed by atoms with E-state index in [1.165, 1.54) is 4.90 Å². The lowest BCUT2D eigenvalue weighted by molar-refractivity contribution is 0.0892. The quantitative estimate of drug-likeness (QED) is 0.600. The highest BCUT2D eigenvalue weighted by atomic mass is 16.2. The summed E-state index contributed by atoms with van der Waals surface area (Å²) in [6, 6.07) is 14.0. The van der Waals surface area contributed by atoms with E-state index in [-0.39, 0.29) is 17.7 Å². The summed E-state index contributed by atoms with van der Waals surface area (Å²) in [7, 11) is 4.06. The van der Waals surface area contributed by atoms with Crippen molar-refractivity contribution in [1.29, 1.82) is 0 Å². The smallest absolute Gasteiger partial charge is 0.265 e. The molecule has 0 fully saturated rings. The van der Waals surface area contributed by atoms with Crippen LogP contribution in [0.25, 0.3) is 10.8 Å². The number of nitrogens with zero attached hydrogens (tertiary/aromatic N) is 3. The molecular weight excluding hydrogens is 418 g/mol. The van der Waals surface area contributed by atoms with Crippen LogP contribution in [0.15, 0.2) is 48.5 Å². The van der Waals surface area contributed by atoms with Crippen molar-refractivity contribution in [3.05, 3.63) is 70.8 Å². The van der Waals surface area contributed by atoms with Crippen LogP contribution in [0.3, 0.4) is 0 Å². The van der Waals surface area contributed by atoms with Crippen molar-refractivity contribution in [3.8, 4) is 0 Å². The van der Waals surface area contributed by atoms with Gasteiger partial charge in [-0.05, 0) is 49.0 Å². The molecule has 0 saturated carbocycles. The number of carbonyl (C=O) groups excluding carboxylic acids is 3. The van der Waals surface area contributed by atoms with Gasteiger partial charge in [0.2, 0.25) is 0 Å². The molecule has 0 aliphatic carbocycles. The number of rotatable bonds is 4. The predicted molar refractivity (Wildman–Crippen MR) is 128 cm³/mol. The van der Waals surface area contributed by atoms with Gasteiger partial charge in [-0.15, -0.1) is 0 Å². The van der Waals surface area contributed by atoms with E-state index in [2.05, 4.69) is 15.1 Å². The van der Waals surface area contributed by atoms with Crippen molar-refractivity contribution < 1.29 is 14.4 Å². The minimum atomic E-state index is -0.367. The molecule has 3 aromatic carbocycles. The van der Waals surface area contributed by atoms with Gasteiger partial charge in [-0.25, -0.2) is 4.90 Å². The SMILES string of the molecule is CN1Cc2cc3c4c(cccc4c2N(C)C1)C(=O)N(c1ccc(C(=O)NCCN)cc1)C3=O. The fourth-order valence-corrected chi connectivity index (χ4v) is 4.84. The van der Waals surface area contributed by atoms with Gasteiger partial charge in [0.05, 0.1) is 12.4 Å². The first-order valence-corrected chi connectivity index (χ1v) is 10.9. The van der Waals surface area contributed by atoms with Crippen molar-refractivity contribution in [3.63, 3.8) is 0 Å². The zero-order valence-corrected chi connectivity index (χ0v) is 18.6. The lowest BCUT2D eigenvalue weighted by Crippen LogP contribution is -2.42. The molecule has 0 aromatic heterocycles. The average Bonchev–Trinajstić information content (AvgIpc) is 2.80. The molecule has 2 aliphatic heterocycles. The summed E-state index contributed by atoms with van der Waals surface area (Å²) >= 11 is 0. The molecule has 3 amide bonds. The number of nitrogens with two attached hydrogens (primary N) is 1. The van der Waals surface area contributed by atoms with Crippen molar-refractivity contribution >= 4 is 39.9 Å². The van der Waals surface area contributed by atoms with E-state index in [4.69, 9.17) is 5.73 Å². The predicted octanol–water partition coefficient (Wildman–Crippen LogP) is 2.17. The van der Waals surface area contributed by atoms with Crippen LogP contribution in [0.5, 0.6) is 0 Å². The van der Waals surface area contributed by atoms with Gasteiger partial charge in [0.1, 0.15) is 0 Å². The first-order valence-electron chi connectivity index (χ1n) is 10.9. The van der Waals surface area contributed by atoms with E-state index in [1.54, 1.807) is 30.3 Å². The number of amides is 3. The Morgan fingerprint density at radius 1 is 1.03 bits per heavy atom. The summed E-state index contributed by atoms with van der Waals surface area (Å²) in [6.45, 7) is 2.21. The highest BCUT2D eigenvalue weighted by Gasteiger charge is 2.36. The van der Waals surface area contributed by atoms with Gasteiger partial charge in [0.25, 0.3) is 17.7 Å². The molecule has 5 rings (SSSR count). The number of hydrogen-bond donors (Lipinski definition) is 2. The number of nitrogens with one attached hydrogen (secondary N) is 1. The Labute approximate surface area is 191 Å². The van der Waals surface area contributed by atoms with Gasteiger partial charge in [-0.2, -0.15) is 0 Å². The van der Waals surface area contributed by atoms with Crippen LogP contribution in [0, 0.1) is 0 Å². The molecule has 168 valence electrons. The third-order valence-electron chi connectivity index (χ3n) is 6.17. The Kier molecular flexibility index (Phi) is 5.11. The number of fused-ring (bicyclic) bond motifs is 2. The first-order chi connectivity index (χ1) is 15.9. The van der Waals surface area contributed by atoms with Gasteiger partial charge in [0.15, 0.2) is 0 Å². The van der Waals surface area contributed by atoms with Crippen molar-refractivity contribution in [1.82, 2.24) is 10.2 Å². The highest BCUT2D eigenvalue weighted by molar-refractivity contribution is 6.36. The maximum absolute atomic E-state index is 13.6. The summed E-state index contributed by atoms with van der Waals surface area (Å²) < 4.78 is 0. The Hall–Kier alpha value is -3.75. The van der Waals surface area contributed by atoms with Gasteiger partial charge < -0.3 is 16.0 Å². The second-order valence-electron chi connectivity index (χ2n) is 8.55. The second-order valence-corrected chi connectivity index (χ2v) is 8.55. The number of hydrogen-bond acceptors (Lipinski definition) is 6. The van der Waals surface area contributed by atoms with Crippen molar-refractivity contribution in [2.75, 3.05) is 43.7 Å². The van der Waals surface area contributed by atoms with E-state index in [0.29, 0.717) is 40.9 Å². The Morgan fingerprint density at radius 2 is 1.76 bits per heavy atom. The zero-order chi connectivity index (χ0) is 23.3. The summed E-state index contributed by atoms with van der Waals surface area (Å²) in [5, 5.41) is 4.33. The van der Waals surface area contributed by atoms with Gasteiger partial charge in [-0.3, -0.25) is 19.3 Å². The lowest BCUT2D eigenvalue weighted by Gasteiger charge is -2.37. The molecule has 2 heterocycles.